The van der Waals surface area contributed by atoms with E-state index < -0.39 is 25.3 Å². The zero-order valence-electron chi connectivity index (χ0n) is 8.36. The Morgan fingerprint density at radius 3 is 2.36 bits per heavy atom. The number of amidine groups is 1. The Morgan fingerprint density at radius 1 is 1.50 bits per heavy atom. The van der Waals surface area contributed by atoms with Gasteiger partial charge in [0.15, 0.2) is 0 Å². The van der Waals surface area contributed by atoms with Crippen molar-refractivity contribution >= 4 is 11.8 Å². The van der Waals surface area contributed by atoms with Crippen LogP contribution in [0.4, 0.5) is 0 Å². The first-order valence-corrected chi connectivity index (χ1v) is 4.18. The van der Waals surface area contributed by atoms with Crippen LogP contribution in [0.1, 0.15) is 6.92 Å². The van der Waals surface area contributed by atoms with E-state index in [-0.39, 0.29) is 12.4 Å². The van der Waals surface area contributed by atoms with E-state index in [4.69, 9.17) is 20.4 Å². The first kappa shape index (κ1) is 12.9. The van der Waals surface area contributed by atoms with Crippen LogP contribution in [0.2, 0.25) is 0 Å². The van der Waals surface area contributed by atoms with Crippen molar-refractivity contribution in [2.45, 2.75) is 13.0 Å². The number of esters is 1. The highest BCUT2D eigenvalue weighted by molar-refractivity contribution is 5.81. The number of aliphatic hydroxyl groups excluding tert-OH is 2. The summed E-state index contributed by atoms with van der Waals surface area (Å²) in [5.41, 5.74) is 0. The molecule has 6 nitrogen and oxygen atoms in total. The van der Waals surface area contributed by atoms with Crippen molar-refractivity contribution in [2.75, 3.05) is 26.8 Å². The molecule has 0 aromatic carbocycles. The summed E-state index contributed by atoms with van der Waals surface area (Å²) in [6, 6.07) is 0. The largest absolute Gasteiger partial charge is 0.456 e. The maximum absolute atomic E-state index is 11.1. The number of hydrogen-bond donors (Lipinski definition) is 3. The monoisotopic (exact) mass is 204 g/mol. The van der Waals surface area contributed by atoms with Gasteiger partial charge in [0.05, 0.1) is 19.0 Å². The molecule has 0 aromatic heterocycles. The molecule has 0 radical (unpaired) electrons. The Balaban J connectivity index is 3.91. The summed E-state index contributed by atoms with van der Waals surface area (Å²) < 4.78 is 4.69. The number of likely N-dealkylation sites (N-methyl/N-ethyl adjacent to an activating group) is 1. The van der Waals surface area contributed by atoms with Crippen LogP contribution in [-0.2, 0) is 9.53 Å². The Bertz CT molecular complexity index is 204. The summed E-state index contributed by atoms with van der Waals surface area (Å²) in [4.78, 5) is 12.5. The molecule has 0 aromatic rings. The Labute approximate surface area is 82.6 Å². The van der Waals surface area contributed by atoms with Crippen LogP contribution in [-0.4, -0.2) is 59.8 Å². The predicted molar refractivity (Wildman–Crippen MR) is 50.1 cm³/mol. The van der Waals surface area contributed by atoms with Gasteiger partial charge in [-0.15, -0.1) is 0 Å². The number of nitrogens with zero attached hydrogens (tertiary/aromatic N) is 1. The normalized spacial score (nSPS) is 10.1. The van der Waals surface area contributed by atoms with Crippen LogP contribution in [0.25, 0.3) is 0 Å². The van der Waals surface area contributed by atoms with Gasteiger partial charge >= 0.3 is 5.97 Å². The van der Waals surface area contributed by atoms with Crippen molar-refractivity contribution in [3.63, 3.8) is 0 Å². The van der Waals surface area contributed by atoms with Crippen LogP contribution in [0.3, 0.4) is 0 Å². The molecular weight excluding hydrogens is 188 g/mol. The van der Waals surface area contributed by atoms with Crippen LogP contribution in [0.5, 0.6) is 0 Å². The fourth-order valence-corrected chi connectivity index (χ4v) is 0.668. The molecule has 82 valence electrons. The van der Waals surface area contributed by atoms with E-state index in [1.807, 2.05) is 0 Å². The molecule has 0 fully saturated rings. The molecule has 0 aliphatic rings. The van der Waals surface area contributed by atoms with Crippen molar-refractivity contribution in [3.05, 3.63) is 0 Å². The van der Waals surface area contributed by atoms with Crippen molar-refractivity contribution in [3.8, 4) is 0 Å². The molecule has 0 atom stereocenters. The summed E-state index contributed by atoms with van der Waals surface area (Å²) in [7, 11) is 1.58. The third-order valence-corrected chi connectivity index (χ3v) is 1.64. The highest BCUT2D eigenvalue weighted by atomic mass is 16.6. The van der Waals surface area contributed by atoms with Gasteiger partial charge in [0.1, 0.15) is 12.6 Å². The number of carbonyl (C=O) groups excluding carboxylic acids is 1. The van der Waals surface area contributed by atoms with Gasteiger partial charge < -0.3 is 19.8 Å². The minimum Gasteiger partial charge on any atom is -0.456 e. The lowest BCUT2D eigenvalue weighted by Gasteiger charge is -2.18. The number of nitrogens with one attached hydrogen (secondary N) is 1. The summed E-state index contributed by atoms with van der Waals surface area (Å²) in [6.07, 6.45) is -0.873. The first-order chi connectivity index (χ1) is 6.51. The minimum atomic E-state index is -0.873. The third-order valence-electron chi connectivity index (χ3n) is 1.64. The van der Waals surface area contributed by atoms with Gasteiger partial charge in [-0.1, -0.05) is 0 Å². The number of ether oxygens (including phenoxy) is 1. The average molecular weight is 204 g/mol. The van der Waals surface area contributed by atoms with Gasteiger partial charge in [0, 0.05) is 7.05 Å². The van der Waals surface area contributed by atoms with Gasteiger partial charge in [-0.3, -0.25) is 10.2 Å². The van der Waals surface area contributed by atoms with Gasteiger partial charge in [0.2, 0.25) is 0 Å². The second-order valence-corrected chi connectivity index (χ2v) is 2.92. The SMILES string of the molecule is CC(=N)N(C)CC(=O)OC(CO)CO. The molecule has 0 aliphatic heterocycles. The zero-order valence-corrected chi connectivity index (χ0v) is 8.36. The van der Waals surface area contributed by atoms with E-state index in [0.29, 0.717) is 0 Å². The van der Waals surface area contributed by atoms with Crippen molar-refractivity contribution in [1.29, 1.82) is 5.41 Å². The van der Waals surface area contributed by atoms with E-state index in [0.717, 1.165) is 0 Å². The van der Waals surface area contributed by atoms with Crippen molar-refractivity contribution in [1.82, 2.24) is 4.90 Å². The van der Waals surface area contributed by atoms with Crippen LogP contribution in [0, 0.1) is 5.41 Å². The molecule has 0 saturated carbocycles. The molecule has 3 N–H and O–H groups in total. The highest BCUT2D eigenvalue weighted by Crippen LogP contribution is 1.93. The fourth-order valence-electron chi connectivity index (χ4n) is 0.668. The molecule has 0 heterocycles. The predicted octanol–water partition coefficient (Wildman–Crippen LogP) is -1.19. The highest BCUT2D eigenvalue weighted by Gasteiger charge is 2.14. The number of rotatable bonds is 5. The fraction of sp³-hybridized carbons (Fsp3) is 0.750. The number of hydrogen-bond acceptors (Lipinski definition) is 5. The van der Waals surface area contributed by atoms with E-state index in [1.165, 1.54) is 4.90 Å². The summed E-state index contributed by atoms with van der Waals surface area (Å²) in [6.45, 7) is 0.666. The Morgan fingerprint density at radius 2 is 2.00 bits per heavy atom. The van der Waals surface area contributed by atoms with Crippen molar-refractivity contribution in [2.24, 2.45) is 0 Å². The molecule has 0 aliphatic carbocycles. The van der Waals surface area contributed by atoms with Gasteiger partial charge in [-0.05, 0) is 6.92 Å². The standard InChI is InChI=1S/C8H16N2O4/c1-6(9)10(2)3-8(13)14-7(4-11)5-12/h7,9,11-12H,3-5H2,1-2H3. The second-order valence-electron chi connectivity index (χ2n) is 2.92. The second kappa shape index (κ2) is 6.33. The minimum absolute atomic E-state index is 0.0637. The molecule has 0 rings (SSSR count). The molecule has 0 unspecified atom stereocenters. The summed E-state index contributed by atoms with van der Waals surface area (Å²) >= 11 is 0. The Kier molecular flexibility index (Phi) is 5.82. The molecule has 6 heteroatoms. The molecule has 0 bridgehead atoms. The topological polar surface area (TPSA) is 93.9 Å². The Hall–Kier alpha value is -1.14. The van der Waals surface area contributed by atoms with Crippen LogP contribution >= 0.6 is 0 Å². The third kappa shape index (κ3) is 4.78. The van der Waals surface area contributed by atoms with Gasteiger partial charge in [-0.2, -0.15) is 0 Å². The average Bonchev–Trinajstić information content (AvgIpc) is 2.13. The summed E-state index contributed by atoms with van der Waals surface area (Å²) in [5.74, 6) is -0.335. The summed E-state index contributed by atoms with van der Waals surface area (Å²) in [5, 5.41) is 24.4. The smallest absolute Gasteiger partial charge is 0.326 e. The van der Waals surface area contributed by atoms with Crippen molar-refractivity contribution < 1.29 is 19.7 Å². The number of carbonyl (C=O) groups is 1. The maximum atomic E-state index is 11.1. The van der Waals surface area contributed by atoms with Crippen LogP contribution in [0.15, 0.2) is 0 Å². The first-order valence-electron chi connectivity index (χ1n) is 4.18. The molecule has 0 saturated heterocycles. The van der Waals surface area contributed by atoms with E-state index in [2.05, 4.69) is 0 Å². The number of aliphatic hydroxyl groups is 2. The molecular formula is C8H16N2O4. The lowest BCUT2D eigenvalue weighted by atomic mass is 10.4. The zero-order chi connectivity index (χ0) is 11.1. The molecule has 0 amide bonds. The van der Waals surface area contributed by atoms with Gasteiger partial charge in [-0.25, -0.2) is 0 Å². The molecule has 14 heavy (non-hydrogen) atoms. The maximum Gasteiger partial charge on any atom is 0.326 e. The van der Waals surface area contributed by atoms with Crippen LogP contribution < -0.4 is 0 Å². The lowest BCUT2D eigenvalue weighted by Crippen LogP contribution is -2.34. The van der Waals surface area contributed by atoms with E-state index in [9.17, 15) is 4.79 Å². The molecule has 0 spiro atoms. The lowest BCUT2D eigenvalue weighted by molar-refractivity contribution is -0.153. The quantitative estimate of drug-likeness (QED) is 0.297. The van der Waals surface area contributed by atoms with E-state index in [1.54, 1.807) is 14.0 Å². The van der Waals surface area contributed by atoms with E-state index >= 15 is 0 Å². The van der Waals surface area contributed by atoms with Gasteiger partial charge in [0.25, 0.3) is 0 Å².